The van der Waals surface area contributed by atoms with E-state index >= 15 is 0 Å². The molecular weight excluding hydrogens is 408 g/mol. The summed E-state index contributed by atoms with van der Waals surface area (Å²) in [5.74, 6) is 0.464. The van der Waals surface area contributed by atoms with Gasteiger partial charge in [-0.2, -0.15) is 5.10 Å². The van der Waals surface area contributed by atoms with Crippen molar-refractivity contribution in [2.75, 3.05) is 0 Å². The summed E-state index contributed by atoms with van der Waals surface area (Å²) in [5, 5.41) is 18.0. The van der Waals surface area contributed by atoms with Crippen LogP contribution in [0, 0.1) is 10.1 Å². The molecule has 32 heavy (non-hydrogen) atoms. The first-order valence-corrected chi connectivity index (χ1v) is 9.93. The van der Waals surface area contributed by atoms with E-state index in [-0.39, 0.29) is 17.3 Å². The molecule has 8 heteroatoms. The first-order chi connectivity index (χ1) is 15.6. The average molecular weight is 428 g/mol. The van der Waals surface area contributed by atoms with E-state index in [0.717, 1.165) is 16.9 Å². The topological polar surface area (TPSA) is 99.3 Å². The maximum Gasteiger partial charge on any atom is 0.272 e. The molecule has 0 aliphatic rings. The maximum atomic E-state index is 12.5. The number of aromatic nitrogens is 2. The lowest BCUT2D eigenvalue weighted by Gasteiger charge is -2.08. The molecule has 0 atom stereocenters. The minimum atomic E-state index is -0.473. The molecule has 0 saturated heterocycles. The Kier molecular flexibility index (Phi) is 6.22. The fourth-order valence-electron chi connectivity index (χ4n) is 3.12. The summed E-state index contributed by atoms with van der Waals surface area (Å²) in [5.41, 5.74) is 2.62. The molecule has 0 saturated carbocycles. The Morgan fingerprint density at radius 2 is 1.75 bits per heavy atom. The Labute approximate surface area is 184 Å². The van der Waals surface area contributed by atoms with Gasteiger partial charge >= 0.3 is 0 Å². The monoisotopic (exact) mass is 428 g/mol. The van der Waals surface area contributed by atoms with Gasteiger partial charge in [0, 0.05) is 24.9 Å². The Morgan fingerprint density at radius 1 is 0.969 bits per heavy atom. The predicted octanol–water partition coefficient (Wildman–Crippen LogP) is 4.29. The number of carbonyl (C=O) groups is 1. The second-order valence-electron chi connectivity index (χ2n) is 7.03. The fraction of sp³-hybridized carbons (Fsp3) is 0.0833. The number of rotatable bonds is 8. The van der Waals surface area contributed by atoms with Gasteiger partial charge < -0.3 is 10.1 Å². The zero-order valence-electron chi connectivity index (χ0n) is 17.0. The SMILES string of the molecule is O=C(NCc1cccc(COc2ccccc2)c1)c1ccn(-c2cccc([N+](=O)[O-])c2)n1. The summed E-state index contributed by atoms with van der Waals surface area (Å²) < 4.78 is 7.20. The van der Waals surface area contributed by atoms with Crippen LogP contribution in [-0.4, -0.2) is 20.6 Å². The highest BCUT2D eigenvalue weighted by molar-refractivity contribution is 5.92. The fourth-order valence-corrected chi connectivity index (χ4v) is 3.12. The standard InChI is InChI=1S/C24H20N4O4/c29-24(23-12-13-27(26-23)20-8-5-9-21(15-20)28(30)31)25-16-18-6-4-7-19(14-18)17-32-22-10-2-1-3-11-22/h1-15H,16-17H2,(H,25,29). The summed E-state index contributed by atoms with van der Waals surface area (Å²) in [6.07, 6.45) is 1.59. The summed E-state index contributed by atoms with van der Waals surface area (Å²) >= 11 is 0. The molecule has 0 radical (unpaired) electrons. The molecule has 0 spiro atoms. The van der Waals surface area contributed by atoms with Crippen LogP contribution in [0.2, 0.25) is 0 Å². The number of hydrogen-bond acceptors (Lipinski definition) is 5. The maximum absolute atomic E-state index is 12.5. The van der Waals surface area contributed by atoms with Crippen LogP contribution in [0.15, 0.2) is 91.1 Å². The molecule has 0 aliphatic heterocycles. The number of nitro benzene ring substituents is 1. The third kappa shape index (κ3) is 5.17. The Bertz CT molecular complexity index is 1240. The van der Waals surface area contributed by atoms with Crippen molar-refractivity contribution in [1.29, 1.82) is 0 Å². The van der Waals surface area contributed by atoms with Crippen molar-refractivity contribution in [2.45, 2.75) is 13.2 Å². The molecular formula is C24H20N4O4. The Balaban J connectivity index is 1.36. The highest BCUT2D eigenvalue weighted by Crippen LogP contribution is 2.17. The van der Waals surface area contributed by atoms with Crippen LogP contribution in [0.1, 0.15) is 21.6 Å². The molecule has 4 rings (SSSR count). The lowest BCUT2D eigenvalue weighted by Crippen LogP contribution is -2.23. The summed E-state index contributed by atoms with van der Waals surface area (Å²) in [6, 6.07) is 25.0. The van der Waals surface area contributed by atoms with Gasteiger partial charge in [-0.1, -0.05) is 48.5 Å². The predicted molar refractivity (Wildman–Crippen MR) is 119 cm³/mol. The first-order valence-electron chi connectivity index (χ1n) is 9.93. The van der Waals surface area contributed by atoms with E-state index in [0.29, 0.717) is 18.8 Å². The van der Waals surface area contributed by atoms with Crippen LogP contribution in [0.3, 0.4) is 0 Å². The molecule has 0 bridgehead atoms. The van der Waals surface area contributed by atoms with E-state index in [1.807, 2.05) is 54.6 Å². The summed E-state index contributed by atoms with van der Waals surface area (Å²) in [6.45, 7) is 0.765. The summed E-state index contributed by atoms with van der Waals surface area (Å²) in [7, 11) is 0. The highest BCUT2D eigenvalue weighted by atomic mass is 16.6. The number of carbonyl (C=O) groups excluding carboxylic acids is 1. The number of nitrogens with one attached hydrogen (secondary N) is 1. The number of para-hydroxylation sites is 1. The van der Waals surface area contributed by atoms with Crippen molar-refractivity contribution in [2.24, 2.45) is 0 Å². The molecule has 8 nitrogen and oxygen atoms in total. The first kappa shape index (κ1) is 20.8. The van der Waals surface area contributed by atoms with Gasteiger partial charge in [0.25, 0.3) is 11.6 Å². The van der Waals surface area contributed by atoms with Crippen molar-refractivity contribution in [1.82, 2.24) is 15.1 Å². The number of benzene rings is 3. The van der Waals surface area contributed by atoms with Gasteiger partial charge in [-0.05, 0) is 35.4 Å². The van der Waals surface area contributed by atoms with Crippen molar-refractivity contribution in [3.8, 4) is 11.4 Å². The van der Waals surface area contributed by atoms with Crippen molar-refractivity contribution in [3.05, 3.63) is 118 Å². The molecule has 1 heterocycles. The second-order valence-corrected chi connectivity index (χ2v) is 7.03. The minimum absolute atomic E-state index is 0.0415. The average Bonchev–Trinajstić information content (AvgIpc) is 3.33. The van der Waals surface area contributed by atoms with Gasteiger partial charge in [-0.25, -0.2) is 4.68 Å². The van der Waals surface area contributed by atoms with E-state index in [2.05, 4.69) is 10.4 Å². The smallest absolute Gasteiger partial charge is 0.272 e. The lowest BCUT2D eigenvalue weighted by molar-refractivity contribution is -0.384. The molecule has 1 amide bonds. The van der Waals surface area contributed by atoms with Crippen LogP contribution in [0.4, 0.5) is 5.69 Å². The normalized spacial score (nSPS) is 10.5. The molecule has 3 aromatic carbocycles. The minimum Gasteiger partial charge on any atom is -0.489 e. The number of amides is 1. The molecule has 1 N–H and O–H groups in total. The quantitative estimate of drug-likeness (QED) is 0.333. The second kappa shape index (κ2) is 9.57. The lowest BCUT2D eigenvalue weighted by atomic mass is 10.1. The molecule has 0 fully saturated rings. The third-order valence-corrected chi connectivity index (χ3v) is 4.72. The molecule has 1 aromatic heterocycles. The van der Waals surface area contributed by atoms with E-state index in [4.69, 9.17) is 4.74 Å². The largest absolute Gasteiger partial charge is 0.489 e. The molecule has 160 valence electrons. The van der Waals surface area contributed by atoms with E-state index in [9.17, 15) is 14.9 Å². The van der Waals surface area contributed by atoms with Crippen molar-refractivity contribution < 1.29 is 14.5 Å². The van der Waals surface area contributed by atoms with Gasteiger partial charge in [-0.15, -0.1) is 0 Å². The van der Waals surface area contributed by atoms with Gasteiger partial charge in [0.2, 0.25) is 0 Å². The van der Waals surface area contributed by atoms with Crippen LogP contribution in [0.25, 0.3) is 5.69 Å². The number of nitro groups is 1. The van der Waals surface area contributed by atoms with Gasteiger partial charge in [0.1, 0.15) is 12.4 Å². The van der Waals surface area contributed by atoms with E-state index in [1.54, 1.807) is 24.4 Å². The Morgan fingerprint density at radius 3 is 2.56 bits per heavy atom. The zero-order valence-corrected chi connectivity index (χ0v) is 17.0. The number of non-ortho nitro benzene ring substituents is 1. The number of nitrogens with zero attached hydrogens (tertiary/aromatic N) is 3. The van der Waals surface area contributed by atoms with Gasteiger partial charge in [-0.3, -0.25) is 14.9 Å². The van der Waals surface area contributed by atoms with Crippen molar-refractivity contribution >= 4 is 11.6 Å². The number of ether oxygens (including phenoxy) is 1. The van der Waals surface area contributed by atoms with E-state index < -0.39 is 4.92 Å². The van der Waals surface area contributed by atoms with E-state index in [1.165, 1.54) is 16.8 Å². The molecule has 4 aromatic rings. The van der Waals surface area contributed by atoms with Gasteiger partial charge in [0.05, 0.1) is 10.6 Å². The highest BCUT2D eigenvalue weighted by Gasteiger charge is 2.12. The third-order valence-electron chi connectivity index (χ3n) is 4.72. The zero-order chi connectivity index (χ0) is 22.3. The number of hydrogen-bond donors (Lipinski definition) is 1. The van der Waals surface area contributed by atoms with Crippen LogP contribution >= 0.6 is 0 Å². The summed E-state index contributed by atoms with van der Waals surface area (Å²) in [4.78, 5) is 23.0. The Hall–Kier alpha value is -4.46. The molecule has 0 aliphatic carbocycles. The molecule has 0 unspecified atom stereocenters. The van der Waals surface area contributed by atoms with Gasteiger partial charge in [0.15, 0.2) is 5.69 Å². The van der Waals surface area contributed by atoms with Crippen LogP contribution in [0.5, 0.6) is 5.75 Å². The van der Waals surface area contributed by atoms with Crippen LogP contribution < -0.4 is 10.1 Å². The van der Waals surface area contributed by atoms with Crippen molar-refractivity contribution in [3.63, 3.8) is 0 Å². The van der Waals surface area contributed by atoms with Crippen LogP contribution in [-0.2, 0) is 13.2 Å².